The number of para-hydroxylation sites is 2. The van der Waals surface area contributed by atoms with Gasteiger partial charge in [-0.05, 0) is 53.9 Å². The van der Waals surface area contributed by atoms with Gasteiger partial charge in [0.25, 0.3) is 0 Å². The van der Waals surface area contributed by atoms with Crippen LogP contribution in [0.15, 0.2) is 97.2 Å². The summed E-state index contributed by atoms with van der Waals surface area (Å²) in [6, 6.07) is 27.1. The van der Waals surface area contributed by atoms with Crippen molar-refractivity contribution in [1.82, 2.24) is 19.0 Å². The van der Waals surface area contributed by atoms with Crippen molar-refractivity contribution in [3.63, 3.8) is 0 Å². The van der Waals surface area contributed by atoms with Gasteiger partial charge in [-0.2, -0.15) is 0 Å². The van der Waals surface area contributed by atoms with Gasteiger partial charge in [-0.15, -0.1) is 0 Å². The number of imidazole rings is 1. The number of carbonyl (C=O) groups excluding carboxylic acids is 2. The lowest BCUT2D eigenvalue weighted by Crippen LogP contribution is -2.26. The highest BCUT2D eigenvalue weighted by molar-refractivity contribution is 6.17. The van der Waals surface area contributed by atoms with Crippen molar-refractivity contribution in [1.29, 1.82) is 0 Å². The highest BCUT2D eigenvalue weighted by Gasteiger charge is 2.21. The van der Waals surface area contributed by atoms with Crippen LogP contribution < -0.4 is 0 Å². The van der Waals surface area contributed by atoms with Gasteiger partial charge in [-0.1, -0.05) is 60.7 Å². The zero-order valence-corrected chi connectivity index (χ0v) is 22.4. The third-order valence-electron chi connectivity index (χ3n) is 7.22. The first-order chi connectivity index (χ1) is 19.3. The quantitative estimate of drug-likeness (QED) is 0.228. The topological polar surface area (TPSA) is 60.1 Å². The molecule has 1 amide bonds. The van der Waals surface area contributed by atoms with Gasteiger partial charge in [0.05, 0.1) is 16.6 Å². The molecular formula is C33H27FN4O2. The number of hydrogen-bond donors (Lipinski definition) is 0. The average molecular weight is 531 g/mol. The molecule has 0 unspecified atom stereocenters. The van der Waals surface area contributed by atoms with Gasteiger partial charge in [-0.3, -0.25) is 9.36 Å². The van der Waals surface area contributed by atoms with E-state index < -0.39 is 0 Å². The van der Waals surface area contributed by atoms with Crippen molar-refractivity contribution >= 4 is 33.8 Å². The van der Waals surface area contributed by atoms with Crippen LogP contribution in [0.3, 0.4) is 0 Å². The van der Waals surface area contributed by atoms with Gasteiger partial charge in [0.2, 0.25) is 0 Å². The number of fused-ring (bicyclic) bond motifs is 2. The molecule has 2 heterocycles. The average Bonchev–Trinajstić information content (AvgIpc) is 3.50. The van der Waals surface area contributed by atoms with Crippen LogP contribution in [-0.4, -0.2) is 44.9 Å². The largest absolute Gasteiger partial charge is 0.330 e. The molecule has 6 nitrogen and oxygen atoms in total. The number of benzene rings is 4. The van der Waals surface area contributed by atoms with Crippen LogP contribution in [0.1, 0.15) is 27.3 Å². The molecule has 4 aromatic carbocycles. The van der Waals surface area contributed by atoms with Gasteiger partial charge in [0.1, 0.15) is 11.6 Å². The van der Waals surface area contributed by atoms with Crippen LogP contribution in [0.4, 0.5) is 9.18 Å². The summed E-state index contributed by atoms with van der Waals surface area (Å²) >= 11 is 0. The number of halogens is 1. The summed E-state index contributed by atoms with van der Waals surface area (Å²) in [5, 5.41) is 0.677. The summed E-state index contributed by atoms with van der Waals surface area (Å²) in [5.41, 5.74) is 6.31. The molecule has 0 saturated carbocycles. The fourth-order valence-corrected chi connectivity index (χ4v) is 5.10. The summed E-state index contributed by atoms with van der Waals surface area (Å²) in [4.78, 5) is 32.9. The number of hydrogen-bond acceptors (Lipinski definition) is 3. The van der Waals surface area contributed by atoms with E-state index in [2.05, 4.69) is 15.6 Å². The summed E-state index contributed by atoms with van der Waals surface area (Å²) in [6.07, 6.45) is 1.61. The van der Waals surface area contributed by atoms with Gasteiger partial charge in [-0.25, -0.2) is 14.2 Å². The molecule has 0 aliphatic carbocycles. The zero-order valence-electron chi connectivity index (χ0n) is 22.4. The van der Waals surface area contributed by atoms with E-state index in [9.17, 15) is 14.0 Å². The highest BCUT2D eigenvalue weighted by atomic mass is 19.1. The SMILES string of the molecule is Cc1nc2ccccc2n1Cc1ccc(C(=O)c2cn(C(=O)N(C)C)c3cc(-c4ccc(F)cc4)ccc23)cc1. The van der Waals surface area contributed by atoms with Crippen molar-refractivity contribution in [2.75, 3.05) is 14.1 Å². The Bertz CT molecular complexity index is 1900. The first-order valence-electron chi connectivity index (χ1n) is 13.0. The van der Waals surface area contributed by atoms with E-state index >= 15 is 0 Å². The zero-order chi connectivity index (χ0) is 28.0. The Labute approximate surface area is 230 Å². The lowest BCUT2D eigenvalue weighted by molar-refractivity contribution is 0.104. The van der Waals surface area contributed by atoms with Gasteiger partial charge in [0, 0.05) is 43.4 Å². The molecule has 0 aliphatic rings. The lowest BCUT2D eigenvalue weighted by Gasteiger charge is -2.12. The van der Waals surface area contributed by atoms with Crippen molar-refractivity contribution in [3.8, 4) is 11.1 Å². The first kappa shape index (κ1) is 25.2. The minimum absolute atomic E-state index is 0.166. The maximum absolute atomic E-state index is 13.7. The molecule has 2 aromatic heterocycles. The Morgan fingerprint density at radius 2 is 1.55 bits per heavy atom. The fraction of sp³-hybridized carbons (Fsp3) is 0.121. The molecule has 0 bridgehead atoms. The highest BCUT2D eigenvalue weighted by Crippen LogP contribution is 2.30. The predicted octanol–water partition coefficient (Wildman–Crippen LogP) is 6.91. The fourth-order valence-electron chi connectivity index (χ4n) is 5.10. The Morgan fingerprint density at radius 3 is 2.27 bits per heavy atom. The number of nitrogens with zero attached hydrogens (tertiary/aromatic N) is 4. The first-order valence-corrected chi connectivity index (χ1v) is 13.0. The van der Waals surface area contributed by atoms with Crippen LogP contribution in [0.25, 0.3) is 33.1 Å². The summed E-state index contributed by atoms with van der Waals surface area (Å²) in [5.74, 6) is 0.448. The van der Waals surface area contributed by atoms with E-state index in [1.165, 1.54) is 21.6 Å². The normalized spacial score (nSPS) is 11.3. The summed E-state index contributed by atoms with van der Waals surface area (Å²) < 4.78 is 17.1. The van der Waals surface area contributed by atoms with E-state index in [4.69, 9.17) is 0 Å². The summed E-state index contributed by atoms with van der Waals surface area (Å²) in [7, 11) is 3.34. The predicted molar refractivity (Wildman–Crippen MR) is 155 cm³/mol. The minimum Gasteiger partial charge on any atom is -0.330 e. The molecule has 0 radical (unpaired) electrons. The summed E-state index contributed by atoms with van der Waals surface area (Å²) in [6.45, 7) is 2.63. The van der Waals surface area contributed by atoms with E-state index in [0.29, 0.717) is 28.6 Å². The van der Waals surface area contributed by atoms with E-state index in [1.807, 2.05) is 67.6 Å². The third kappa shape index (κ3) is 4.45. The molecule has 7 heteroatoms. The van der Waals surface area contributed by atoms with E-state index in [1.54, 1.807) is 32.4 Å². The number of aromatic nitrogens is 3. The molecule has 0 N–H and O–H groups in total. The van der Waals surface area contributed by atoms with Gasteiger partial charge in [0.15, 0.2) is 5.78 Å². The molecule has 0 saturated heterocycles. The van der Waals surface area contributed by atoms with Crippen LogP contribution in [0.2, 0.25) is 0 Å². The Hall–Kier alpha value is -5.04. The van der Waals surface area contributed by atoms with Gasteiger partial charge < -0.3 is 9.47 Å². The standard InChI is InChI=1S/C33H27FN4O2/c1-21-35-29-6-4-5-7-30(29)37(21)19-22-8-10-24(11-9-22)32(39)28-20-38(33(40)36(2)3)31-18-25(14-17-27(28)31)23-12-15-26(34)16-13-23/h4-18,20H,19H2,1-3H3. The molecule has 6 rings (SSSR count). The molecule has 198 valence electrons. The molecule has 40 heavy (non-hydrogen) atoms. The molecule has 0 aliphatic heterocycles. The number of carbonyl (C=O) groups is 2. The Balaban J connectivity index is 1.35. The molecular weight excluding hydrogens is 503 g/mol. The van der Waals surface area contributed by atoms with Gasteiger partial charge >= 0.3 is 6.03 Å². The van der Waals surface area contributed by atoms with Crippen molar-refractivity contribution in [2.24, 2.45) is 0 Å². The maximum atomic E-state index is 13.7. The molecule has 0 atom stereocenters. The number of aryl methyl sites for hydroxylation is 1. The molecule has 0 spiro atoms. The van der Waals surface area contributed by atoms with Crippen molar-refractivity contribution in [2.45, 2.75) is 13.5 Å². The monoisotopic (exact) mass is 530 g/mol. The van der Waals surface area contributed by atoms with Crippen molar-refractivity contribution < 1.29 is 14.0 Å². The number of rotatable bonds is 5. The van der Waals surface area contributed by atoms with E-state index in [-0.39, 0.29) is 17.6 Å². The van der Waals surface area contributed by atoms with Crippen LogP contribution in [-0.2, 0) is 6.54 Å². The second-order valence-electron chi connectivity index (χ2n) is 10.1. The smallest absolute Gasteiger partial charge is 0.328 e. The minimum atomic E-state index is -0.316. The number of ketones is 1. The number of amides is 1. The van der Waals surface area contributed by atoms with Crippen molar-refractivity contribution in [3.05, 3.63) is 126 Å². The van der Waals surface area contributed by atoms with Crippen LogP contribution >= 0.6 is 0 Å². The Morgan fingerprint density at radius 1 is 0.850 bits per heavy atom. The molecule has 0 fully saturated rings. The maximum Gasteiger partial charge on any atom is 0.328 e. The Kier molecular flexibility index (Phi) is 6.27. The van der Waals surface area contributed by atoms with Crippen LogP contribution in [0, 0.1) is 12.7 Å². The van der Waals surface area contributed by atoms with Crippen LogP contribution in [0.5, 0.6) is 0 Å². The third-order valence-corrected chi connectivity index (χ3v) is 7.22. The second-order valence-corrected chi connectivity index (χ2v) is 10.1. The lowest BCUT2D eigenvalue weighted by atomic mass is 9.99. The van der Waals surface area contributed by atoms with E-state index in [0.717, 1.165) is 33.5 Å². The molecule has 6 aromatic rings. The second kappa shape index (κ2) is 9.93.